The molecule has 2 rings (SSSR count). The summed E-state index contributed by atoms with van der Waals surface area (Å²) in [6.45, 7) is 13.0. The Balaban J connectivity index is 2.27. The Kier molecular flexibility index (Phi) is 15.0. The van der Waals surface area contributed by atoms with Gasteiger partial charge in [0.05, 0.1) is 10.7 Å². The fourth-order valence-electron chi connectivity index (χ4n) is 4.23. The minimum atomic E-state index is -0.711. The number of carbonyl (C=O) groups excluding carboxylic acids is 3. The lowest BCUT2D eigenvalue weighted by molar-refractivity contribution is -0.152. The van der Waals surface area contributed by atoms with Crippen molar-refractivity contribution in [2.75, 3.05) is 13.1 Å². The molecule has 0 aliphatic carbocycles. The first kappa shape index (κ1) is 33.9. The number of likely N-dealkylation sites (N-methyl/N-ethyl adjacent to an activating group) is 1. The molecule has 9 heteroatoms. The van der Waals surface area contributed by atoms with Crippen molar-refractivity contribution in [3.8, 4) is 0 Å². The highest BCUT2D eigenvalue weighted by Gasteiger charge is 2.23. The van der Waals surface area contributed by atoms with Crippen LogP contribution in [-0.4, -0.2) is 54.2 Å². The van der Waals surface area contributed by atoms with Crippen molar-refractivity contribution in [1.82, 2.24) is 15.6 Å². The van der Waals surface area contributed by atoms with Gasteiger partial charge in [-0.15, -0.1) is 11.3 Å². The second kappa shape index (κ2) is 18.2. The highest BCUT2D eigenvalue weighted by atomic mass is 32.1. The van der Waals surface area contributed by atoms with Gasteiger partial charge in [-0.25, -0.2) is 14.6 Å². The van der Waals surface area contributed by atoms with Gasteiger partial charge in [0.1, 0.15) is 18.2 Å². The van der Waals surface area contributed by atoms with E-state index in [4.69, 9.17) is 14.5 Å². The quantitative estimate of drug-likeness (QED) is 0.254. The third-order valence-electron chi connectivity index (χ3n) is 6.25. The summed E-state index contributed by atoms with van der Waals surface area (Å²) in [6, 6.07) is -0.711. The van der Waals surface area contributed by atoms with Gasteiger partial charge in [0.15, 0.2) is 0 Å². The number of aromatic nitrogens is 1. The van der Waals surface area contributed by atoms with E-state index >= 15 is 0 Å². The topological polar surface area (TPSA) is 107 Å². The molecule has 0 saturated heterocycles. The maximum absolute atomic E-state index is 12.8. The average Bonchev–Trinajstić information content (AvgIpc) is 3.33. The number of allylic oxidation sites excluding steroid dienone is 6. The Morgan fingerprint density at radius 1 is 1.15 bits per heavy atom. The number of thiazole rings is 1. The molecule has 1 amide bonds. The maximum atomic E-state index is 12.8. The van der Waals surface area contributed by atoms with Gasteiger partial charge in [-0.05, 0) is 59.6 Å². The number of cyclic esters (lactones) is 2. The fraction of sp³-hybridized carbons (Fsp3) is 0.500. The Morgan fingerprint density at radius 3 is 2.63 bits per heavy atom. The van der Waals surface area contributed by atoms with E-state index in [1.165, 1.54) is 24.3 Å². The molecule has 0 unspecified atom stereocenters. The van der Waals surface area contributed by atoms with Crippen LogP contribution < -0.4 is 10.6 Å². The largest absolute Gasteiger partial charge is 0.461 e. The molecule has 0 saturated carbocycles. The maximum Gasteiger partial charge on any atom is 0.331 e. The van der Waals surface area contributed by atoms with Crippen molar-refractivity contribution in [3.63, 3.8) is 0 Å². The number of esters is 2. The highest BCUT2D eigenvalue weighted by molar-refractivity contribution is 7.09. The van der Waals surface area contributed by atoms with Crippen LogP contribution in [0.25, 0.3) is 0 Å². The van der Waals surface area contributed by atoms with E-state index in [2.05, 4.69) is 30.6 Å². The van der Waals surface area contributed by atoms with Crippen molar-refractivity contribution in [2.24, 2.45) is 0 Å². The van der Waals surface area contributed by atoms with E-state index in [1.807, 2.05) is 44.4 Å². The number of carbonyl (C=O) groups is 3. The molecule has 0 fully saturated rings. The average molecular weight is 584 g/mol. The number of amides is 1. The van der Waals surface area contributed by atoms with Crippen molar-refractivity contribution in [1.29, 1.82) is 0 Å². The zero-order valence-electron chi connectivity index (χ0n) is 25.2. The summed E-state index contributed by atoms with van der Waals surface area (Å²) in [5.74, 6) is -1.16. The van der Waals surface area contributed by atoms with E-state index < -0.39 is 24.1 Å². The normalized spacial score (nSPS) is 24.3. The zero-order chi connectivity index (χ0) is 30.2. The van der Waals surface area contributed by atoms with E-state index in [9.17, 15) is 14.4 Å². The number of fused-ring (bicyclic) bond motifs is 2. The summed E-state index contributed by atoms with van der Waals surface area (Å²) in [5, 5.41) is 8.85. The molecule has 0 aromatic carbocycles. The van der Waals surface area contributed by atoms with Gasteiger partial charge < -0.3 is 20.1 Å². The molecule has 0 radical (unpaired) electrons. The van der Waals surface area contributed by atoms with Crippen LogP contribution in [0.3, 0.4) is 0 Å². The predicted molar refractivity (Wildman–Crippen MR) is 165 cm³/mol. The van der Waals surface area contributed by atoms with Crippen molar-refractivity contribution in [3.05, 3.63) is 75.3 Å². The number of nitrogens with zero attached hydrogens (tertiary/aromatic N) is 1. The molecule has 2 N–H and O–H groups in total. The summed E-state index contributed by atoms with van der Waals surface area (Å²) >= 11 is 1.52. The standard InChI is InChI=1S/C32H45N3O5S/c1-7-33-17-16-22(2)14-15-24(4)19-28-20-30-35-27(21-41-30)11-9-12-29(34-26(6)36)32(38)39-25(5)18-23(3)10-8-13-31(37)40-28/h8,10,13-16,19,21,25,28-29,33H,7,9,11-12,17-18,20H2,1-6H3,(H,34,36)/b13-8-,15-14+,22-16+,23-10+,24-19+/t25-,28+,29-/m0/s1. The van der Waals surface area contributed by atoms with Gasteiger partial charge in [0.25, 0.3) is 0 Å². The van der Waals surface area contributed by atoms with Crippen LogP contribution >= 0.6 is 11.3 Å². The molecule has 3 atom stereocenters. The SMILES string of the molecule is CCNC/C=C(C)/C=C/C(C)=C/[C@@H]1Cc2nc(cs2)CCC[C@H](NC(C)=O)C(=O)O[C@@H](C)C/C(C)=C/C=C\C(=O)O1. The van der Waals surface area contributed by atoms with Crippen LogP contribution in [-0.2, 0) is 36.7 Å². The molecule has 1 aliphatic heterocycles. The van der Waals surface area contributed by atoms with E-state index in [-0.39, 0.29) is 12.0 Å². The van der Waals surface area contributed by atoms with Gasteiger partial charge in [0.2, 0.25) is 5.91 Å². The number of hydrogen-bond donors (Lipinski definition) is 2. The van der Waals surface area contributed by atoms with Gasteiger partial charge in [-0.2, -0.15) is 0 Å². The monoisotopic (exact) mass is 583 g/mol. The molecule has 1 aliphatic rings. The number of nitrogens with one attached hydrogen (secondary N) is 2. The van der Waals surface area contributed by atoms with Crippen LogP contribution in [0.15, 0.2) is 64.6 Å². The first-order valence-electron chi connectivity index (χ1n) is 14.2. The van der Waals surface area contributed by atoms with E-state index in [1.54, 1.807) is 12.2 Å². The van der Waals surface area contributed by atoms with Crippen molar-refractivity contribution >= 4 is 29.2 Å². The predicted octanol–water partition coefficient (Wildman–Crippen LogP) is 5.32. The molecule has 1 aromatic rings. The number of hydrogen-bond acceptors (Lipinski definition) is 8. The first-order valence-corrected chi connectivity index (χ1v) is 15.1. The van der Waals surface area contributed by atoms with Gasteiger partial charge >= 0.3 is 11.9 Å². The number of rotatable bonds is 7. The minimum absolute atomic E-state index is 0.274. The van der Waals surface area contributed by atoms with Crippen LogP contribution in [0.2, 0.25) is 0 Å². The second-order valence-corrected chi connectivity index (χ2v) is 11.3. The molecule has 0 spiro atoms. The van der Waals surface area contributed by atoms with Crippen LogP contribution in [0.5, 0.6) is 0 Å². The van der Waals surface area contributed by atoms with E-state index in [0.717, 1.165) is 40.5 Å². The highest BCUT2D eigenvalue weighted by Crippen LogP contribution is 2.18. The lowest BCUT2D eigenvalue weighted by Gasteiger charge is -2.20. The van der Waals surface area contributed by atoms with Crippen LogP contribution in [0.4, 0.5) is 0 Å². The summed E-state index contributed by atoms with van der Waals surface area (Å²) in [4.78, 5) is 41.9. The Hall–Kier alpha value is -3.30. The lowest BCUT2D eigenvalue weighted by atomic mass is 10.1. The molecule has 41 heavy (non-hydrogen) atoms. The number of ether oxygens (including phenoxy) is 2. The van der Waals surface area contributed by atoms with Crippen molar-refractivity contribution in [2.45, 2.75) is 91.9 Å². The van der Waals surface area contributed by atoms with Gasteiger partial charge in [-0.1, -0.05) is 54.0 Å². The number of aryl methyl sites for hydroxylation is 1. The summed E-state index contributed by atoms with van der Waals surface area (Å²) in [5.41, 5.74) is 3.97. The van der Waals surface area contributed by atoms with Gasteiger partial charge in [0, 0.05) is 37.8 Å². The second-order valence-electron chi connectivity index (χ2n) is 10.4. The third-order valence-corrected chi connectivity index (χ3v) is 7.17. The fourth-order valence-corrected chi connectivity index (χ4v) is 5.10. The molecular formula is C32H45N3O5S. The molecule has 1 aromatic heterocycles. The van der Waals surface area contributed by atoms with E-state index in [0.29, 0.717) is 32.1 Å². The Labute approximate surface area is 248 Å². The minimum Gasteiger partial charge on any atom is -0.461 e. The summed E-state index contributed by atoms with van der Waals surface area (Å²) in [7, 11) is 0. The summed E-state index contributed by atoms with van der Waals surface area (Å²) < 4.78 is 11.4. The van der Waals surface area contributed by atoms with Crippen LogP contribution in [0.1, 0.15) is 71.5 Å². The molecule has 8 nitrogen and oxygen atoms in total. The van der Waals surface area contributed by atoms with Crippen molar-refractivity contribution < 1.29 is 23.9 Å². The molecule has 224 valence electrons. The lowest BCUT2D eigenvalue weighted by Crippen LogP contribution is -2.41. The third kappa shape index (κ3) is 14.2. The first-order chi connectivity index (χ1) is 19.5. The Bertz CT molecular complexity index is 1180. The Morgan fingerprint density at radius 2 is 1.90 bits per heavy atom. The van der Waals surface area contributed by atoms with Gasteiger partial charge in [-0.3, -0.25) is 4.79 Å². The molecule has 2 bridgehead atoms. The molecule has 2 heterocycles. The summed E-state index contributed by atoms with van der Waals surface area (Å²) in [6.07, 6.45) is 14.8. The van der Waals surface area contributed by atoms with Crippen LogP contribution in [0, 0.1) is 0 Å². The molecular weight excluding hydrogens is 538 g/mol. The smallest absolute Gasteiger partial charge is 0.331 e. The zero-order valence-corrected chi connectivity index (χ0v) is 26.0.